The van der Waals surface area contributed by atoms with Gasteiger partial charge in [-0.05, 0) is 115 Å². The van der Waals surface area contributed by atoms with E-state index in [1.165, 1.54) is 38.9 Å². The minimum Gasteiger partial charge on any atom is -0.456 e. The molecule has 0 aliphatic heterocycles. The molecular formula is C60H41N3O. The smallest absolute Gasteiger partial charge is 0.164 e. The molecule has 11 aromatic rings. The molecule has 302 valence electrons. The molecule has 0 radical (unpaired) electrons. The number of aromatic nitrogens is 3. The highest BCUT2D eigenvalue weighted by Crippen LogP contribution is 2.51. The fraction of sp³-hybridized carbons (Fsp3) is 0.0500. The van der Waals surface area contributed by atoms with Gasteiger partial charge in [0, 0.05) is 32.9 Å². The van der Waals surface area contributed by atoms with E-state index in [2.05, 4.69) is 166 Å². The SMILES string of the molecule is CC1(C)c2ccccc2-c2cc(-c3cc(-c4ccccc4)cc(-c4cccc(-c5nc(-c6ccccc6)nc(-c6ccc7oc8ccccc8c7c6)n5)c4)c3-c3ccccc3)ccc21. The number of benzene rings is 9. The van der Waals surface area contributed by atoms with Crippen LogP contribution in [0, 0.1) is 0 Å². The normalized spacial score (nSPS) is 12.7. The predicted octanol–water partition coefficient (Wildman–Crippen LogP) is 15.7. The second kappa shape index (κ2) is 15.0. The lowest BCUT2D eigenvalue weighted by atomic mass is 9.81. The van der Waals surface area contributed by atoms with E-state index in [9.17, 15) is 0 Å². The molecule has 1 aliphatic rings. The van der Waals surface area contributed by atoms with E-state index in [4.69, 9.17) is 19.4 Å². The summed E-state index contributed by atoms with van der Waals surface area (Å²) in [7, 11) is 0. The molecule has 0 fully saturated rings. The van der Waals surface area contributed by atoms with Crippen LogP contribution in [0.5, 0.6) is 0 Å². The molecule has 0 spiro atoms. The van der Waals surface area contributed by atoms with Crippen molar-refractivity contribution in [1.29, 1.82) is 0 Å². The van der Waals surface area contributed by atoms with Crippen LogP contribution in [0.4, 0.5) is 0 Å². The molecule has 1 aliphatic carbocycles. The van der Waals surface area contributed by atoms with E-state index >= 15 is 0 Å². The zero-order valence-electron chi connectivity index (χ0n) is 35.5. The van der Waals surface area contributed by atoms with Crippen LogP contribution in [0.1, 0.15) is 25.0 Å². The maximum absolute atomic E-state index is 6.19. The van der Waals surface area contributed by atoms with Gasteiger partial charge in [-0.25, -0.2) is 15.0 Å². The summed E-state index contributed by atoms with van der Waals surface area (Å²) in [6.45, 7) is 4.68. The van der Waals surface area contributed by atoms with Crippen LogP contribution in [-0.4, -0.2) is 15.0 Å². The van der Waals surface area contributed by atoms with Crippen molar-refractivity contribution in [2.75, 3.05) is 0 Å². The zero-order chi connectivity index (χ0) is 42.8. The summed E-state index contributed by atoms with van der Waals surface area (Å²) in [5, 5.41) is 2.08. The second-order valence-corrected chi connectivity index (χ2v) is 17.2. The Morgan fingerprint density at radius 3 is 1.55 bits per heavy atom. The van der Waals surface area contributed by atoms with Gasteiger partial charge in [0.05, 0.1) is 0 Å². The van der Waals surface area contributed by atoms with Gasteiger partial charge in [0.2, 0.25) is 0 Å². The summed E-state index contributed by atoms with van der Waals surface area (Å²) in [6, 6.07) is 75.4. The van der Waals surface area contributed by atoms with Crippen LogP contribution in [0.25, 0.3) is 112 Å². The molecule has 2 heterocycles. The van der Waals surface area contributed by atoms with Gasteiger partial charge in [-0.2, -0.15) is 0 Å². The Bertz CT molecular complexity index is 3570. The second-order valence-electron chi connectivity index (χ2n) is 17.2. The number of fused-ring (bicyclic) bond motifs is 6. The summed E-state index contributed by atoms with van der Waals surface area (Å²) >= 11 is 0. The number of hydrogen-bond donors (Lipinski definition) is 0. The van der Waals surface area contributed by atoms with Gasteiger partial charge in [0.1, 0.15) is 11.2 Å². The number of furan rings is 1. The quantitative estimate of drug-likeness (QED) is 0.161. The summed E-state index contributed by atoms with van der Waals surface area (Å²) in [6.07, 6.45) is 0. The molecule has 0 saturated carbocycles. The molecule has 0 N–H and O–H groups in total. The van der Waals surface area contributed by atoms with Crippen molar-refractivity contribution < 1.29 is 4.42 Å². The van der Waals surface area contributed by atoms with Gasteiger partial charge < -0.3 is 4.42 Å². The third kappa shape index (κ3) is 6.34. The van der Waals surface area contributed by atoms with Crippen molar-refractivity contribution in [2.45, 2.75) is 19.3 Å². The maximum atomic E-state index is 6.19. The molecule has 9 aromatic carbocycles. The molecule has 12 rings (SSSR count). The van der Waals surface area contributed by atoms with Crippen molar-refractivity contribution in [3.8, 4) is 89.8 Å². The predicted molar refractivity (Wildman–Crippen MR) is 263 cm³/mol. The molecule has 0 atom stereocenters. The largest absolute Gasteiger partial charge is 0.456 e. The monoisotopic (exact) mass is 819 g/mol. The average Bonchev–Trinajstić information content (AvgIpc) is 3.85. The standard InChI is InChI=1S/C60H41N3O/c1-60(2)52-27-14-12-25-46(52)50-34-42(29-31-53(50)60)49-37-45(38-17-6-3-7-18-38)36-48(56(49)39-19-8-4-9-20-39)41-23-16-24-43(33-41)58-61-57(40-21-10-5-11-22-40)62-59(63-58)44-30-32-55-51(35-44)47-26-13-15-28-54(47)64-55/h3-37H,1-2H3. The molecule has 64 heavy (non-hydrogen) atoms. The fourth-order valence-electron chi connectivity index (χ4n) is 9.74. The fourth-order valence-corrected chi connectivity index (χ4v) is 9.74. The van der Waals surface area contributed by atoms with Crippen molar-refractivity contribution in [3.05, 3.63) is 223 Å². The zero-order valence-corrected chi connectivity index (χ0v) is 35.5. The third-order valence-corrected chi connectivity index (χ3v) is 12.9. The van der Waals surface area contributed by atoms with E-state index in [-0.39, 0.29) is 5.41 Å². The Morgan fingerprint density at radius 2 is 0.812 bits per heavy atom. The van der Waals surface area contributed by atoms with E-state index in [0.29, 0.717) is 17.5 Å². The molecule has 0 bridgehead atoms. The highest BCUT2D eigenvalue weighted by Gasteiger charge is 2.35. The Hall–Kier alpha value is -8.21. The van der Waals surface area contributed by atoms with Crippen LogP contribution in [0.15, 0.2) is 217 Å². The Balaban J connectivity index is 1.07. The molecule has 4 heteroatoms. The molecule has 2 aromatic heterocycles. The van der Waals surface area contributed by atoms with Crippen molar-refractivity contribution in [2.24, 2.45) is 0 Å². The molecule has 0 amide bonds. The number of hydrogen-bond acceptors (Lipinski definition) is 4. The van der Waals surface area contributed by atoms with Crippen molar-refractivity contribution >= 4 is 21.9 Å². The molecular weight excluding hydrogens is 779 g/mol. The summed E-state index contributed by atoms with van der Waals surface area (Å²) in [5.74, 6) is 1.81. The number of nitrogens with zero attached hydrogens (tertiary/aromatic N) is 3. The summed E-state index contributed by atoms with van der Waals surface area (Å²) in [4.78, 5) is 15.5. The maximum Gasteiger partial charge on any atom is 0.164 e. The Labute approximate surface area is 372 Å². The first kappa shape index (κ1) is 37.5. The molecule has 0 saturated heterocycles. The van der Waals surface area contributed by atoms with Gasteiger partial charge in [-0.1, -0.05) is 178 Å². The lowest BCUT2D eigenvalue weighted by molar-refractivity contribution is 0.660. The van der Waals surface area contributed by atoms with Crippen LogP contribution >= 0.6 is 0 Å². The minimum absolute atomic E-state index is 0.0835. The highest BCUT2D eigenvalue weighted by atomic mass is 16.3. The van der Waals surface area contributed by atoms with E-state index in [1.54, 1.807) is 0 Å². The van der Waals surface area contributed by atoms with Gasteiger partial charge in [0.25, 0.3) is 0 Å². The van der Waals surface area contributed by atoms with E-state index in [1.807, 2.05) is 60.7 Å². The molecule has 0 unspecified atom stereocenters. The van der Waals surface area contributed by atoms with Gasteiger partial charge in [-0.3, -0.25) is 0 Å². The Morgan fingerprint density at radius 1 is 0.312 bits per heavy atom. The lowest BCUT2D eigenvalue weighted by Gasteiger charge is -2.22. The number of para-hydroxylation sites is 1. The Kier molecular flexibility index (Phi) is 8.80. The summed E-state index contributed by atoms with van der Waals surface area (Å²) in [5.41, 5.74) is 18.8. The first-order chi connectivity index (χ1) is 31.5. The number of rotatable bonds is 7. The van der Waals surface area contributed by atoms with Gasteiger partial charge in [0.15, 0.2) is 17.5 Å². The van der Waals surface area contributed by atoms with Crippen molar-refractivity contribution in [3.63, 3.8) is 0 Å². The van der Waals surface area contributed by atoms with E-state index < -0.39 is 0 Å². The van der Waals surface area contributed by atoms with Gasteiger partial charge >= 0.3 is 0 Å². The van der Waals surface area contributed by atoms with Crippen LogP contribution in [0.2, 0.25) is 0 Å². The first-order valence-electron chi connectivity index (χ1n) is 21.8. The molecule has 4 nitrogen and oxygen atoms in total. The minimum atomic E-state index is -0.0835. The van der Waals surface area contributed by atoms with Gasteiger partial charge in [-0.15, -0.1) is 0 Å². The van der Waals surface area contributed by atoms with Crippen molar-refractivity contribution in [1.82, 2.24) is 15.0 Å². The van der Waals surface area contributed by atoms with Crippen LogP contribution < -0.4 is 0 Å². The highest BCUT2D eigenvalue weighted by molar-refractivity contribution is 6.06. The van der Waals surface area contributed by atoms with Crippen LogP contribution in [0.3, 0.4) is 0 Å². The van der Waals surface area contributed by atoms with E-state index in [0.717, 1.165) is 66.4 Å². The summed E-state index contributed by atoms with van der Waals surface area (Å²) < 4.78 is 6.19. The van der Waals surface area contributed by atoms with Crippen LogP contribution in [-0.2, 0) is 5.41 Å². The first-order valence-corrected chi connectivity index (χ1v) is 21.8. The average molecular weight is 820 g/mol. The topological polar surface area (TPSA) is 51.8 Å². The third-order valence-electron chi connectivity index (χ3n) is 12.9. The lowest BCUT2D eigenvalue weighted by Crippen LogP contribution is -2.14.